The second kappa shape index (κ2) is 7.92. The van der Waals surface area contributed by atoms with Crippen molar-refractivity contribution in [1.29, 1.82) is 0 Å². The van der Waals surface area contributed by atoms with Crippen LogP contribution in [0, 0.1) is 5.82 Å². The molecule has 0 fully saturated rings. The molecule has 2 unspecified atom stereocenters. The maximum absolute atomic E-state index is 13.0. The predicted molar refractivity (Wildman–Crippen MR) is 86.3 cm³/mol. The highest BCUT2D eigenvalue weighted by atomic mass is 19.1. The number of halogens is 1. The summed E-state index contributed by atoms with van der Waals surface area (Å²) in [5.74, 6) is -0.322. The molecule has 0 aliphatic rings. The van der Waals surface area contributed by atoms with Gasteiger partial charge < -0.3 is 15.1 Å². The first-order chi connectivity index (χ1) is 10.7. The van der Waals surface area contributed by atoms with Gasteiger partial charge in [-0.25, -0.2) is 4.39 Å². The van der Waals surface area contributed by atoms with E-state index in [4.69, 9.17) is 0 Å². The molecule has 0 saturated carbocycles. The van der Waals surface area contributed by atoms with E-state index in [0.29, 0.717) is 12.1 Å². The second-order valence-electron chi connectivity index (χ2n) is 5.30. The molecule has 0 aliphatic heterocycles. The normalized spacial score (nSPS) is 13.6. The van der Waals surface area contributed by atoms with Crippen molar-refractivity contribution in [1.82, 2.24) is 0 Å². The number of hydrogen-bond donors (Lipinski definition) is 2. The van der Waals surface area contributed by atoms with Gasteiger partial charge in [0.15, 0.2) is 0 Å². The lowest BCUT2D eigenvalue weighted by atomic mass is 10.1. The van der Waals surface area contributed by atoms with Crippen LogP contribution < -0.4 is 4.90 Å². The molecule has 2 atom stereocenters. The van der Waals surface area contributed by atoms with Gasteiger partial charge in [-0.3, -0.25) is 0 Å². The fraction of sp³-hybridized carbons (Fsp3) is 0.333. The average molecular weight is 303 g/mol. The molecule has 22 heavy (non-hydrogen) atoms. The van der Waals surface area contributed by atoms with E-state index in [2.05, 4.69) is 0 Å². The van der Waals surface area contributed by atoms with Crippen LogP contribution >= 0.6 is 0 Å². The third kappa shape index (κ3) is 4.06. The smallest absolute Gasteiger partial charge is 0.123 e. The van der Waals surface area contributed by atoms with Crippen molar-refractivity contribution >= 4 is 5.69 Å². The van der Waals surface area contributed by atoms with Crippen LogP contribution in [-0.2, 0) is 0 Å². The largest absolute Gasteiger partial charge is 0.394 e. The maximum Gasteiger partial charge on any atom is 0.123 e. The third-order valence-electron chi connectivity index (χ3n) is 3.84. The zero-order valence-corrected chi connectivity index (χ0v) is 12.7. The molecule has 118 valence electrons. The van der Waals surface area contributed by atoms with Gasteiger partial charge >= 0.3 is 0 Å². The summed E-state index contributed by atoms with van der Waals surface area (Å²) in [4.78, 5) is 1.99. The molecule has 0 aliphatic carbocycles. The Bertz CT molecular complexity index is 555. The number of nitrogens with zero attached hydrogens (tertiary/aromatic N) is 1. The SMILES string of the molecule is CCC(CO)N(CC(O)c1ccc(F)cc1)c1ccccc1. The van der Waals surface area contributed by atoms with E-state index < -0.39 is 6.10 Å². The minimum absolute atomic E-state index is 0.0154. The van der Waals surface area contributed by atoms with Crippen LogP contribution in [0.4, 0.5) is 10.1 Å². The zero-order chi connectivity index (χ0) is 15.9. The van der Waals surface area contributed by atoms with Crippen LogP contribution in [-0.4, -0.2) is 29.4 Å². The van der Waals surface area contributed by atoms with Crippen LogP contribution in [0.5, 0.6) is 0 Å². The van der Waals surface area contributed by atoms with E-state index in [1.165, 1.54) is 12.1 Å². The van der Waals surface area contributed by atoms with E-state index >= 15 is 0 Å². The van der Waals surface area contributed by atoms with Crippen molar-refractivity contribution in [3.63, 3.8) is 0 Å². The topological polar surface area (TPSA) is 43.7 Å². The number of aliphatic hydroxyl groups is 2. The highest BCUT2D eigenvalue weighted by molar-refractivity contribution is 5.47. The Labute approximate surface area is 130 Å². The van der Waals surface area contributed by atoms with E-state index in [1.54, 1.807) is 12.1 Å². The molecule has 0 amide bonds. The monoisotopic (exact) mass is 303 g/mol. The van der Waals surface area contributed by atoms with Crippen molar-refractivity contribution < 1.29 is 14.6 Å². The Morgan fingerprint density at radius 1 is 1.05 bits per heavy atom. The van der Waals surface area contributed by atoms with Crippen molar-refractivity contribution in [3.8, 4) is 0 Å². The van der Waals surface area contributed by atoms with Crippen LogP contribution in [0.25, 0.3) is 0 Å². The zero-order valence-electron chi connectivity index (χ0n) is 12.7. The Balaban J connectivity index is 2.20. The molecular formula is C18H22FNO2. The van der Waals surface area contributed by atoms with Gasteiger partial charge in [-0.2, -0.15) is 0 Å². The predicted octanol–water partition coefficient (Wildman–Crippen LogP) is 3.14. The molecule has 2 aromatic carbocycles. The number of rotatable bonds is 7. The van der Waals surface area contributed by atoms with E-state index in [1.807, 2.05) is 42.2 Å². The van der Waals surface area contributed by atoms with Crippen molar-refractivity contribution in [2.75, 3.05) is 18.1 Å². The van der Waals surface area contributed by atoms with Gasteiger partial charge in [0.05, 0.1) is 18.8 Å². The summed E-state index contributed by atoms with van der Waals surface area (Å²) < 4.78 is 13.0. The Hall–Kier alpha value is -1.91. The minimum atomic E-state index is -0.749. The van der Waals surface area contributed by atoms with Crippen molar-refractivity contribution in [2.24, 2.45) is 0 Å². The standard InChI is InChI=1S/C18H22FNO2/c1-2-16(13-21)20(17-6-4-3-5-7-17)12-18(22)14-8-10-15(19)11-9-14/h3-11,16,18,21-22H,2,12-13H2,1H3. The van der Waals surface area contributed by atoms with Gasteiger partial charge in [0.1, 0.15) is 5.82 Å². The summed E-state index contributed by atoms with van der Waals surface area (Å²) in [5, 5.41) is 20.0. The van der Waals surface area contributed by atoms with Crippen molar-refractivity contribution in [3.05, 3.63) is 66.0 Å². The first kappa shape index (κ1) is 16.5. The van der Waals surface area contributed by atoms with Gasteiger partial charge in [0.25, 0.3) is 0 Å². The van der Waals surface area contributed by atoms with Crippen molar-refractivity contribution in [2.45, 2.75) is 25.5 Å². The Morgan fingerprint density at radius 3 is 2.23 bits per heavy atom. The molecule has 3 nitrogen and oxygen atoms in total. The first-order valence-corrected chi connectivity index (χ1v) is 7.51. The molecule has 4 heteroatoms. The lowest BCUT2D eigenvalue weighted by Crippen LogP contribution is -2.40. The highest BCUT2D eigenvalue weighted by Crippen LogP contribution is 2.23. The number of aliphatic hydroxyl groups excluding tert-OH is 2. The summed E-state index contributed by atoms with van der Waals surface area (Å²) in [6.07, 6.45) is 0.0167. The lowest BCUT2D eigenvalue weighted by Gasteiger charge is -2.34. The van der Waals surface area contributed by atoms with Gasteiger partial charge in [0.2, 0.25) is 0 Å². The molecule has 0 saturated heterocycles. The molecule has 0 radical (unpaired) electrons. The fourth-order valence-electron chi connectivity index (χ4n) is 2.51. The van der Waals surface area contributed by atoms with E-state index in [0.717, 1.165) is 12.1 Å². The second-order valence-corrected chi connectivity index (χ2v) is 5.30. The molecular weight excluding hydrogens is 281 g/mol. The minimum Gasteiger partial charge on any atom is -0.394 e. The molecule has 0 heterocycles. The van der Waals surface area contributed by atoms with Gasteiger partial charge in [-0.15, -0.1) is 0 Å². The van der Waals surface area contributed by atoms with Crippen LogP contribution in [0.3, 0.4) is 0 Å². The summed E-state index contributed by atoms with van der Waals surface area (Å²) in [6.45, 7) is 2.36. The molecule has 2 rings (SSSR count). The quantitative estimate of drug-likeness (QED) is 0.826. The van der Waals surface area contributed by atoms with Crippen LogP contribution in [0.15, 0.2) is 54.6 Å². The number of anilines is 1. The third-order valence-corrected chi connectivity index (χ3v) is 3.84. The van der Waals surface area contributed by atoms with Gasteiger partial charge in [0, 0.05) is 12.2 Å². The van der Waals surface area contributed by atoms with Gasteiger partial charge in [-0.1, -0.05) is 37.3 Å². The summed E-state index contributed by atoms with van der Waals surface area (Å²) in [7, 11) is 0. The molecule has 0 bridgehead atoms. The molecule has 0 aromatic heterocycles. The Morgan fingerprint density at radius 2 is 1.68 bits per heavy atom. The van der Waals surface area contributed by atoms with Crippen LogP contribution in [0.2, 0.25) is 0 Å². The molecule has 2 aromatic rings. The number of hydrogen-bond acceptors (Lipinski definition) is 3. The van der Waals surface area contributed by atoms with Crippen LogP contribution in [0.1, 0.15) is 25.0 Å². The lowest BCUT2D eigenvalue weighted by molar-refractivity contribution is 0.172. The molecule has 0 spiro atoms. The van der Waals surface area contributed by atoms with E-state index in [9.17, 15) is 14.6 Å². The number of para-hydroxylation sites is 1. The maximum atomic E-state index is 13.0. The fourth-order valence-corrected chi connectivity index (χ4v) is 2.51. The summed E-state index contributed by atoms with van der Waals surface area (Å²) in [5.41, 5.74) is 1.61. The van der Waals surface area contributed by atoms with Gasteiger partial charge in [-0.05, 0) is 36.2 Å². The highest BCUT2D eigenvalue weighted by Gasteiger charge is 2.20. The summed E-state index contributed by atoms with van der Waals surface area (Å²) in [6, 6.07) is 15.5. The van der Waals surface area contributed by atoms with E-state index in [-0.39, 0.29) is 18.5 Å². The Kier molecular flexibility index (Phi) is 5.92. The average Bonchev–Trinajstić information content (AvgIpc) is 2.56. The molecule has 2 N–H and O–H groups in total. The summed E-state index contributed by atoms with van der Waals surface area (Å²) >= 11 is 0. The number of benzene rings is 2. The first-order valence-electron chi connectivity index (χ1n) is 7.51.